The van der Waals surface area contributed by atoms with Crippen LogP contribution in [0.15, 0.2) is 89.7 Å². The highest BCUT2D eigenvalue weighted by Crippen LogP contribution is 2.23. The minimum absolute atomic E-state index is 0.264. The lowest BCUT2D eigenvalue weighted by Crippen LogP contribution is -2.13. The Bertz CT molecular complexity index is 1780. The number of fused-ring (bicyclic) bond motifs is 2. The van der Waals surface area contributed by atoms with Gasteiger partial charge in [-0.2, -0.15) is 0 Å². The molecule has 0 saturated heterocycles. The van der Waals surface area contributed by atoms with E-state index in [4.69, 9.17) is 9.47 Å². The van der Waals surface area contributed by atoms with Gasteiger partial charge in [-0.25, -0.2) is 9.67 Å². The molecule has 0 spiro atoms. The van der Waals surface area contributed by atoms with Gasteiger partial charge in [-0.1, -0.05) is 36.4 Å². The van der Waals surface area contributed by atoms with Crippen molar-refractivity contribution in [3.8, 4) is 22.9 Å². The highest BCUT2D eigenvalue weighted by molar-refractivity contribution is 5.83. The number of para-hydroxylation sites is 1. The first-order valence-corrected chi connectivity index (χ1v) is 11.7. The van der Waals surface area contributed by atoms with Crippen molar-refractivity contribution in [2.24, 2.45) is 0 Å². The number of aromatic nitrogens is 6. The average molecular weight is 491 g/mol. The first kappa shape index (κ1) is 22.4. The van der Waals surface area contributed by atoms with E-state index in [9.17, 15) is 4.79 Å². The number of hydrogen-bond donors (Lipinski definition) is 1. The average Bonchev–Trinajstić information content (AvgIpc) is 3.39. The SMILES string of the molecule is COc1ccc2[nH]c(=O)c(-c3nnnn3Cc3ccc(OCc4ccc5ccccc5n4)cc3)cc2c1. The van der Waals surface area contributed by atoms with Crippen LogP contribution in [-0.2, 0) is 13.2 Å². The van der Waals surface area contributed by atoms with E-state index < -0.39 is 0 Å². The second-order valence-corrected chi connectivity index (χ2v) is 8.55. The Balaban J connectivity index is 1.18. The molecule has 0 aliphatic heterocycles. The number of H-pyrrole nitrogens is 1. The van der Waals surface area contributed by atoms with Crippen LogP contribution in [0.5, 0.6) is 11.5 Å². The molecule has 3 heterocycles. The van der Waals surface area contributed by atoms with Gasteiger partial charge < -0.3 is 14.5 Å². The lowest BCUT2D eigenvalue weighted by Gasteiger charge is -2.09. The number of methoxy groups -OCH3 is 1. The van der Waals surface area contributed by atoms with Gasteiger partial charge in [-0.15, -0.1) is 5.10 Å². The van der Waals surface area contributed by atoms with E-state index in [-0.39, 0.29) is 5.56 Å². The molecule has 3 aromatic heterocycles. The summed E-state index contributed by atoms with van der Waals surface area (Å²) in [5.41, 5.74) is 3.60. The number of hydrogen-bond acceptors (Lipinski definition) is 7. The number of rotatable bonds is 7. The molecule has 0 fully saturated rings. The zero-order valence-electron chi connectivity index (χ0n) is 20.0. The number of aromatic amines is 1. The molecule has 0 amide bonds. The molecule has 1 N–H and O–H groups in total. The van der Waals surface area contributed by atoms with Gasteiger partial charge in [0.05, 0.1) is 30.4 Å². The zero-order valence-corrected chi connectivity index (χ0v) is 20.0. The molecular weight excluding hydrogens is 468 g/mol. The summed E-state index contributed by atoms with van der Waals surface area (Å²) in [7, 11) is 1.60. The van der Waals surface area contributed by atoms with Crippen molar-refractivity contribution in [2.45, 2.75) is 13.2 Å². The summed E-state index contributed by atoms with van der Waals surface area (Å²) in [6.45, 7) is 0.765. The van der Waals surface area contributed by atoms with Crippen LogP contribution in [-0.4, -0.2) is 37.3 Å². The van der Waals surface area contributed by atoms with E-state index in [0.717, 1.165) is 33.3 Å². The van der Waals surface area contributed by atoms with Crippen molar-refractivity contribution in [3.05, 3.63) is 107 Å². The maximum absolute atomic E-state index is 12.8. The standard InChI is InChI=1S/C28H22N6O3/c1-36-23-12-13-26-20(14-23)15-24(28(35)30-26)27-31-32-33-34(27)16-18-6-10-22(11-7-18)37-17-21-9-8-19-4-2-3-5-25(19)29-21/h2-15H,16-17H2,1H3,(H,30,35). The van der Waals surface area contributed by atoms with Crippen LogP contribution in [0.25, 0.3) is 33.2 Å². The molecule has 6 rings (SSSR count). The van der Waals surface area contributed by atoms with E-state index in [1.807, 2.05) is 72.8 Å². The summed E-state index contributed by atoms with van der Waals surface area (Å²) in [4.78, 5) is 20.3. The van der Waals surface area contributed by atoms with Crippen molar-refractivity contribution in [1.82, 2.24) is 30.2 Å². The molecule has 0 aliphatic rings. The Morgan fingerprint density at radius 3 is 2.59 bits per heavy atom. The number of tetrazole rings is 1. The van der Waals surface area contributed by atoms with Crippen LogP contribution in [0, 0.1) is 0 Å². The van der Waals surface area contributed by atoms with Gasteiger partial charge in [0.25, 0.3) is 5.56 Å². The monoisotopic (exact) mass is 490 g/mol. The minimum atomic E-state index is -0.264. The number of benzene rings is 3. The summed E-state index contributed by atoms with van der Waals surface area (Å²) < 4.78 is 12.8. The van der Waals surface area contributed by atoms with Gasteiger partial charge >= 0.3 is 0 Å². The third-order valence-corrected chi connectivity index (χ3v) is 6.12. The molecular formula is C28H22N6O3. The maximum atomic E-state index is 12.8. The van der Waals surface area contributed by atoms with Gasteiger partial charge in [0, 0.05) is 16.3 Å². The Kier molecular flexibility index (Phi) is 5.78. The van der Waals surface area contributed by atoms with Crippen LogP contribution in [0.4, 0.5) is 0 Å². The number of pyridine rings is 2. The quantitative estimate of drug-likeness (QED) is 0.354. The molecule has 182 valence electrons. The van der Waals surface area contributed by atoms with Crippen LogP contribution in [0.1, 0.15) is 11.3 Å². The van der Waals surface area contributed by atoms with E-state index in [2.05, 4.69) is 25.5 Å². The summed E-state index contributed by atoms with van der Waals surface area (Å²) >= 11 is 0. The predicted molar refractivity (Wildman–Crippen MR) is 140 cm³/mol. The third-order valence-electron chi connectivity index (χ3n) is 6.12. The fourth-order valence-corrected chi connectivity index (χ4v) is 4.19. The van der Waals surface area contributed by atoms with Crippen molar-refractivity contribution in [3.63, 3.8) is 0 Å². The Hall–Kier alpha value is -5.05. The minimum Gasteiger partial charge on any atom is -0.497 e. The molecule has 0 aliphatic carbocycles. The van der Waals surface area contributed by atoms with Crippen molar-refractivity contribution < 1.29 is 9.47 Å². The second kappa shape index (κ2) is 9.54. The molecule has 0 bridgehead atoms. The number of ether oxygens (including phenoxy) is 2. The van der Waals surface area contributed by atoms with Crippen LogP contribution >= 0.6 is 0 Å². The first-order valence-electron chi connectivity index (χ1n) is 11.7. The first-order chi connectivity index (χ1) is 18.2. The third kappa shape index (κ3) is 4.62. The van der Waals surface area contributed by atoms with E-state index in [1.54, 1.807) is 23.9 Å². The Morgan fingerprint density at radius 2 is 1.73 bits per heavy atom. The van der Waals surface area contributed by atoms with E-state index >= 15 is 0 Å². The van der Waals surface area contributed by atoms with Crippen LogP contribution < -0.4 is 15.0 Å². The maximum Gasteiger partial charge on any atom is 0.259 e. The highest BCUT2D eigenvalue weighted by atomic mass is 16.5. The molecule has 0 unspecified atom stereocenters. The van der Waals surface area contributed by atoms with Gasteiger partial charge in [0.15, 0.2) is 5.82 Å². The molecule has 9 nitrogen and oxygen atoms in total. The smallest absolute Gasteiger partial charge is 0.259 e. The number of nitrogens with zero attached hydrogens (tertiary/aromatic N) is 5. The summed E-state index contributed by atoms with van der Waals surface area (Å²) in [5, 5.41) is 13.9. The largest absolute Gasteiger partial charge is 0.497 e. The Morgan fingerprint density at radius 1 is 0.892 bits per heavy atom. The predicted octanol–water partition coefficient (Wildman–Crippen LogP) is 4.37. The molecule has 6 aromatic rings. The molecule has 37 heavy (non-hydrogen) atoms. The molecule has 0 saturated carbocycles. The van der Waals surface area contributed by atoms with Crippen molar-refractivity contribution in [2.75, 3.05) is 7.11 Å². The van der Waals surface area contributed by atoms with Crippen molar-refractivity contribution >= 4 is 21.8 Å². The fourth-order valence-electron chi connectivity index (χ4n) is 4.19. The van der Waals surface area contributed by atoms with E-state index in [1.165, 1.54) is 0 Å². The van der Waals surface area contributed by atoms with Crippen LogP contribution in [0.3, 0.4) is 0 Å². The summed E-state index contributed by atoms with van der Waals surface area (Å²) in [5.74, 6) is 1.81. The Labute approximate surface area is 211 Å². The van der Waals surface area contributed by atoms with Gasteiger partial charge in [-0.05, 0) is 64.5 Å². The molecule has 3 aromatic carbocycles. The van der Waals surface area contributed by atoms with Crippen LogP contribution in [0.2, 0.25) is 0 Å². The highest BCUT2D eigenvalue weighted by Gasteiger charge is 2.15. The summed E-state index contributed by atoms with van der Waals surface area (Å²) in [6, 6.07) is 26.9. The fraction of sp³-hybridized carbons (Fsp3) is 0.107. The van der Waals surface area contributed by atoms with Gasteiger partial charge in [0.1, 0.15) is 18.1 Å². The lowest BCUT2D eigenvalue weighted by molar-refractivity contribution is 0.301. The number of nitrogens with one attached hydrogen (secondary N) is 1. The normalized spacial score (nSPS) is 11.2. The van der Waals surface area contributed by atoms with E-state index in [0.29, 0.717) is 35.8 Å². The zero-order chi connectivity index (χ0) is 25.2. The topological polar surface area (TPSA) is 108 Å². The lowest BCUT2D eigenvalue weighted by atomic mass is 10.1. The van der Waals surface area contributed by atoms with Gasteiger partial charge in [0.2, 0.25) is 0 Å². The van der Waals surface area contributed by atoms with Crippen molar-refractivity contribution in [1.29, 1.82) is 0 Å². The summed E-state index contributed by atoms with van der Waals surface area (Å²) in [6.07, 6.45) is 0. The van der Waals surface area contributed by atoms with Gasteiger partial charge in [-0.3, -0.25) is 4.79 Å². The second-order valence-electron chi connectivity index (χ2n) is 8.55. The molecule has 0 atom stereocenters. The molecule has 9 heteroatoms. The molecule has 0 radical (unpaired) electrons.